The molecule has 0 aliphatic rings. The summed E-state index contributed by atoms with van der Waals surface area (Å²) in [6, 6.07) is 5.34. The second-order valence-electron chi connectivity index (χ2n) is 3.01. The highest BCUT2D eigenvalue weighted by Crippen LogP contribution is 2.18. The van der Waals surface area contributed by atoms with Crippen LogP contribution < -0.4 is 0 Å². The maximum Gasteiger partial charge on any atom is 0.382 e. The zero-order valence-corrected chi connectivity index (χ0v) is 7.99. The van der Waals surface area contributed by atoms with Crippen molar-refractivity contribution < 1.29 is 4.92 Å². The predicted octanol–water partition coefficient (Wildman–Crippen LogP) is 1.39. The smallest absolute Gasteiger partial charge is 0.358 e. The van der Waals surface area contributed by atoms with Crippen molar-refractivity contribution in [2.45, 2.75) is 0 Å². The Kier molecular flexibility index (Phi) is 2.17. The van der Waals surface area contributed by atoms with E-state index in [4.69, 9.17) is 0 Å². The summed E-state index contributed by atoms with van der Waals surface area (Å²) in [5, 5.41) is 10.5. The van der Waals surface area contributed by atoms with Crippen LogP contribution in [0.3, 0.4) is 0 Å². The molecule has 6 nitrogen and oxygen atoms in total. The van der Waals surface area contributed by atoms with Gasteiger partial charge in [0.05, 0.1) is 0 Å². The Hall–Kier alpha value is -2.24. The van der Waals surface area contributed by atoms with Crippen LogP contribution in [0.2, 0.25) is 0 Å². The number of aromatic nitrogens is 3. The van der Waals surface area contributed by atoms with Crippen LogP contribution in [0, 0.1) is 10.1 Å². The largest absolute Gasteiger partial charge is 0.382 e. The number of hydrogen-bond donors (Lipinski definition) is 0. The Bertz CT molecular complexity index is 492. The van der Waals surface area contributed by atoms with Crippen LogP contribution >= 0.6 is 0 Å². The molecule has 0 aliphatic carbocycles. The molecule has 2 aromatic rings. The Balaban J connectivity index is 2.50. The van der Waals surface area contributed by atoms with E-state index in [0.29, 0.717) is 11.5 Å². The lowest BCUT2D eigenvalue weighted by molar-refractivity contribution is -0.389. The van der Waals surface area contributed by atoms with Crippen molar-refractivity contribution in [1.29, 1.82) is 0 Å². The van der Waals surface area contributed by atoms with Crippen LogP contribution in [-0.2, 0) is 7.05 Å². The van der Waals surface area contributed by atoms with Crippen molar-refractivity contribution in [1.82, 2.24) is 14.5 Å². The van der Waals surface area contributed by atoms with Crippen molar-refractivity contribution >= 4 is 5.82 Å². The summed E-state index contributed by atoms with van der Waals surface area (Å²) in [4.78, 5) is 17.9. The quantitative estimate of drug-likeness (QED) is 0.547. The lowest BCUT2D eigenvalue weighted by Gasteiger charge is -1.93. The summed E-state index contributed by atoms with van der Waals surface area (Å²) in [6.07, 6.45) is 2.99. The number of nitro groups is 1. The molecule has 15 heavy (non-hydrogen) atoms. The van der Waals surface area contributed by atoms with Crippen LogP contribution in [0.15, 0.2) is 30.6 Å². The Morgan fingerprint density at radius 2 is 2.27 bits per heavy atom. The fourth-order valence-corrected chi connectivity index (χ4v) is 1.27. The van der Waals surface area contributed by atoms with Gasteiger partial charge in [-0.05, 0) is 22.0 Å². The summed E-state index contributed by atoms with van der Waals surface area (Å²) in [5.74, 6) is 0.320. The van der Waals surface area contributed by atoms with Gasteiger partial charge in [0.15, 0.2) is 0 Å². The molecule has 6 heteroatoms. The zero-order chi connectivity index (χ0) is 10.8. The van der Waals surface area contributed by atoms with Gasteiger partial charge in [-0.15, -0.1) is 0 Å². The Labute approximate surface area is 85.4 Å². The first kappa shape index (κ1) is 9.32. The van der Waals surface area contributed by atoms with E-state index in [0.717, 1.165) is 0 Å². The number of imidazole rings is 1. The third-order valence-electron chi connectivity index (χ3n) is 1.94. The van der Waals surface area contributed by atoms with Gasteiger partial charge in [-0.25, -0.2) is 0 Å². The van der Waals surface area contributed by atoms with Crippen molar-refractivity contribution in [3.05, 3.63) is 40.7 Å². The highest BCUT2D eigenvalue weighted by molar-refractivity contribution is 5.51. The van der Waals surface area contributed by atoms with Crippen molar-refractivity contribution in [3.8, 4) is 11.5 Å². The highest BCUT2D eigenvalue weighted by atomic mass is 16.6. The van der Waals surface area contributed by atoms with Crippen molar-refractivity contribution in [3.63, 3.8) is 0 Å². The molecule has 0 radical (unpaired) electrons. The average molecular weight is 204 g/mol. The molecule has 76 valence electrons. The summed E-state index contributed by atoms with van der Waals surface area (Å²) >= 11 is 0. The second kappa shape index (κ2) is 3.49. The maximum absolute atomic E-state index is 10.5. The molecular formula is C9H8N4O2. The number of nitrogens with zero attached hydrogens (tertiary/aromatic N) is 4. The number of pyridine rings is 1. The van der Waals surface area contributed by atoms with Crippen LogP contribution in [0.5, 0.6) is 0 Å². The van der Waals surface area contributed by atoms with Gasteiger partial charge in [-0.2, -0.15) is 0 Å². The number of rotatable bonds is 2. The molecule has 2 aromatic heterocycles. The number of hydrogen-bond acceptors (Lipinski definition) is 4. The molecule has 0 bridgehead atoms. The first-order valence-corrected chi connectivity index (χ1v) is 4.27. The fraction of sp³-hybridized carbons (Fsp3) is 0.111. The van der Waals surface area contributed by atoms with E-state index in [1.54, 1.807) is 29.9 Å². The minimum absolute atomic E-state index is 0.168. The van der Waals surface area contributed by atoms with Gasteiger partial charge >= 0.3 is 5.82 Å². The normalized spacial score (nSPS) is 10.2. The third kappa shape index (κ3) is 1.69. The minimum Gasteiger partial charge on any atom is -0.358 e. The predicted molar refractivity (Wildman–Crippen MR) is 53.1 cm³/mol. The van der Waals surface area contributed by atoms with Gasteiger partial charge in [0.25, 0.3) is 5.82 Å². The molecule has 2 heterocycles. The zero-order valence-electron chi connectivity index (χ0n) is 7.99. The Morgan fingerprint density at radius 1 is 1.47 bits per heavy atom. The first-order valence-electron chi connectivity index (χ1n) is 4.27. The summed E-state index contributed by atoms with van der Waals surface area (Å²) in [7, 11) is 1.70. The van der Waals surface area contributed by atoms with Gasteiger partial charge in [0.1, 0.15) is 11.9 Å². The van der Waals surface area contributed by atoms with Crippen molar-refractivity contribution in [2.24, 2.45) is 7.05 Å². The SMILES string of the molecule is Cn1cc([N+](=O)[O-])nc1-c1ccccn1. The lowest BCUT2D eigenvalue weighted by atomic mass is 10.3. The van der Waals surface area contributed by atoms with Crippen LogP contribution in [0.1, 0.15) is 0 Å². The molecule has 0 amide bonds. The molecular weight excluding hydrogens is 196 g/mol. The molecule has 0 unspecified atom stereocenters. The molecule has 0 aliphatic heterocycles. The van der Waals surface area contributed by atoms with Crippen LogP contribution in [0.25, 0.3) is 11.5 Å². The molecule has 0 saturated carbocycles. The maximum atomic E-state index is 10.5. The lowest BCUT2D eigenvalue weighted by Crippen LogP contribution is -1.92. The number of aryl methyl sites for hydroxylation is 1. The summed E-state index contributed by atoms with van der Waals surface area (Å²) in [5.41, 5.74) is 0.619. The molecule has 0 fully saturated rings. The highest BCUT2D eigenvalue weighted by Gasteiger charge is 2.18. The van der Waals surface area contributed by atoms with Gasteiger partial charge in [-0.3, -0.25) is 4.98 Å². The van der Waals surface area contributed by atoms with Crippen LogP contribution in [-0.4, -0.2) is 19.5 Å². The molecule has 0 saturated heterocycles. The monoisotopic (exact) mass is 204 g/mol. The van der Waals surface area contributed by atoms with Gasteiger partial charge in [0.2, 0.25) is 0 Å². The van der Waals surface area contributed by atoms with E-state index in [2.05, 4.69) is 9.97 Å². The van der Waals surface area contributed by atoms with E-state index in [1.165, 1.54) is 6.20 Å². The topological polar surface area (TPSA) is 73.8 Å². The molecule has 2 rings (SSSR count). The first-order chi connectivity index (χ1) is 7.18. The van der Waals surface area contributed by atoms with E-state index in [9.17, 15) is 10.1 Å². The Morgan fingerprint density at radius 3 is 2.80 bits per heavy atom. The van der Waals surface area contributed by atoms with Gasteiger partial charge in [-0.1, -0.05) is 6.07 Å². The van der Waals surface area contributed by atoms with Crippen LogP contribution in [0.4, 0.5) is 5.82 Å². The summed E-state index contributed by atoms with van der Waals surface area (Å²) in [6.45, 7) is 0. The average Bonchev–Trinajstić information content (AvgIpc) is 2.62. The van der Waals surface area contributed by atoms with Crippen molar-refractivity contribution in [2.75, 3.05) is 0 Å². The van der Waals surface area contributed by atoms with E-state index in [-0.39, 0.29) is 5.82 Å². The standard InChI is InChI=1S/C9H8N4O2/c1-12-6-8(13(14)15)11-9(12)7-4-2-3-5-10-7/h2-6H,1H3. The van der Waals surface area contributed by atoms with Gasteiger partial charge < -0.3 is 14.7 Å². The fourth-order valence-electron chi connectivity index (χ4n) is 1.27. The summed E-state index contributed by atoms with van der Waals surface area (Å²) < 4.78 is 1.58. The molecule has 0 N–H and O–H groups in total. The van der Waals surface area contributed by atoms with E-state index >= 15 is 0 Å². The molecule has 0 aromatic carbocycles. The molecule has 0 atom stereocenters. The van der Waals surface area contributed by atoms with E-state index < -0.39 is 4.92 Å². The van der Waals surface area contributed by atoms with E-state index in [1.807, 2.05) is 6.07 Å². The molecule has 0 spiro atoms. The second-order valence-corrected chi connectivity index (χ2v) is 3.01. The minimum atomic E-state index is -0.521. The third-order valence-corrected chi connectivity index (χ3v) is 1.94. The van der Waals surface area contributed by atoms with Gasteiger partial charge in [0, 0.05) is 13.2 Å².